The summed E-state index contributed by atoms with van der Waals surface area (Å²) < 4.78 is 66.9. The van der Waals surface area contributed by atoms with E-state index in [-0.39, 0.29) is 37.9 Å². The normalized spacial score (nSPS) is 25.7. The van der Waals surface area contributed by atoms with Crippen LogP contribution in [0.25, 0.3) is 6.08 Å². The number of carbonyl (C=O) groups is 5. The molecule has 3 aromatic rings. The molecule has 8 rings (SSSR count). The van der Waals surface area contributed by atoms with Crippen molar-refractivity contribution in [2.24, 2.45) is 5.41 Å². The fraction of sp³-hybridized carbons (Fsp3) is 0.468. The lowest BCUT2D eigenvalue weighted by Gasteiger charge is -2.48. The Kier molecular flexibility index (Phi) is 12.7. The first-order valence-electron chi connectivity index (χ1n) is 21.4. The van der Waals surface area contributed by atoms with Crippen LogP contribution in [0.1, 0.15) is 78.2 Å². The fourth-order valence-electron chi connectivity index (χ4n) is 9.43. The number of hydroxylamine groups is 2. The van der Waals surface area contributed by atoms with E-state index in [4.69, 9.17) is 23.8 Å². The number of aliphatic hydroxyl groups excluding tert-OH is 1. The molecule has 1 spiro atoms. The van der Waals surface area contributed by atoms with Gasteiger partial charge in [-0.1, -0.05) is 60.7 Å². The Morgan fingerprint density at radius 3 is 2.37 bits per heavy atom. The number of hydrogen-bond donors (Lipinski definition) is 3. The number of fused-ring (bicyclic) bond motifs is 5. The average molecular weight is 906 g/mol. The zero-order valence-corrected chi connectivity index (χ0v) is 35.9. The SMILES string of the molecule is CC(C)(C)OC(=O)CC[C@@H](CO)NC(=O)c1cccc(CNC(=O)[C@@]23C[C@H]4OC(=O)[C@@H]2N(Cc2cccc(C=CC(=O)OCC(F)(F)F)c2)O[C@@H]3[C@H]2OC3(Cc5ccccc5C3)O[C@H]24)c1. The molecule has 18 heteroatoms. The zero-order valence-electron chi connectivity index (χ0n) is 35.9. The van der Waals surface area contributed by atoms with Crippen molar-refractivity contribution in [3.8, 4) is 0 Å². The van der Waals surface area contributed by atoms with E-state index in [1.807, 2.05) is 24.3 Å². The zero-order chi connectivity index (χ0) is 46.3. The number of alkyl halides is 3. The van der Waals surface area contributed by atoms with Crippen LogP contribution in [0.4, 0.5) is 13.2 Å². The Bertz CT molecular complexity index is 2340. The number of benzene rings is 3. The summed E-state index contributed by atoms with van der Waals surface area (Å²) in [6.45, 7) is 3.01. The Hall–Kier alpha value is -5.66. The van der Waals surface area contributed by atoms with Crippen molar-refractivity contribution in [2.75, 3.05) is 13.2 Å². The number of esters is 3. The van der Waals surface area contributed by atoms with Crippen LogP contribution in [-0.4, -0.2) is 107 Å². The van der Waals surface area contributed by atoms with Gasteiger partial charge < -0.3 is 39.4 Å². The minimum Gasteiger partial charge on any atom is -0.460 e. The predicted molar refractivity (Wildman–Crippen MR) is 222 cm³/mol. The predicted octanol–water partition coefficient (Wildman–Crippen LogP) is 4.41. The molecule has 3 aliphatic heterocycles. The maximum Gasteiger partial charge on any atom is 0.422 e. The van der Waals surface area contributed by atoms with E-state index >= 15 is 0 Å². The van der Waals surface area contributed by atoms with Crippen LogP contribution in [-0.2, 0) is 73.6 Å². The highest BCUT2D eigenvalue weighted by molar-refractivity contribution is 5.95. The second-order valence-electron chi connectivity index (χ2n) is 18.1. The molecule has 5 aliphatic rings. The van der Waals surface area contributed by atoms with Gasteiger partial charge in [0.05, 0.1) is 19.2 Å². The summed E-state index contributed by atoms with van der Waals surface area (Å²) in [6, 6.07) is 19.1. The number of amides is 2. The van der Waals surface area contributed by atoms with E-state index in [0.29, 0.717) is 29.5 Å². The van der Waals surface area contributed by atoms with Crippen LogP contribution >= 0.6 is 0 Å². The van der Waals surface area contributed by atoms with Gasteiger partial charge in [-0.25, -0.2) is 4.79 Å². The van der Waals surface area contributed by atoms with Crippen LogP contribution in [0.15, 0.2) is 78.9 Å². The number of hydrogen-bond acceptors (Lipinski definition) is 13. The smallest absolute Gasteiger partial charge is 0.422 e. The van der Waals surface area contributed by atoms with E-state index in [0.717, 1.165) is 17.2 Å². The van der Waals surface area contributed by atoms with E-state index < -0.39 is 102 Å². The maximum atomic E-state index is 14.9. The van der Waals surface area contributed by atoms with E-state index in [2.05, 4.69) is 15.4 Å². The van der Waals surface area contributed by atoms with Gasteiger partial charge in [0.2, 0.25) is 5.91 Å². The molecule has 4 fully saturated rings. The topological polar surface area (TPSA) is 188 Å². The lowest BCUT2D eigenvalue weighted by molar-refractivity contribution is -0.217. The molecule has 0 radical (unpaired) electrons. The molecule has 2 aliphatic carbocycles. The summed E-state index contributed by atoms with van der Waals surface area (Å²) in [5.74, 6) is -4.44. The number of nitrogens with zero attached hydrogens (tertiary/aromatic N) is 1. The van der Waals surface area contributed by atoms with Gasteiger partial charge in [0.15, 0.2) is 18.4 Å². The molecule has 7 atom stereocenters. The number of rotatable bonds is 14. The monoisotopic (exact) mass is 905 g/mol. The summed E-state index contributed by atoms with van der Waals surface area (Å²) in [7, 11) is 0. The largest absolute Gasteiger partial charge is 0.460 e. The average Bonchev–Trinajstić information content (AvgIpc) is 3.93. The third-order valence-electron chi connectivity index (χ3n) is 12.1. The molecule has 3 heterocycles. The molecule has 2 bridgehead atoms. The van der Waals surface area contributed by atoms with Gasteiger partial charge in [0.1, 0.15) is 35.4 Å². The first-order chi connectivity index (χ1) is 30.8. The standard InChI is InChI=1S/C47H50F3N3O12/c1-44(2,3)62-36(56)17-15-33(25-54)52-41(57)30-13-7-9-28(19-30)23-51-43(59)46-22-34-37-38(64-45(63-37)20-31-11-4-5-12-32(31)21-45)40(46)65-53(39(46)42(58)61-34)24-29-10-6-8-27(18-29)14-16-35(55)60-26-47(48,49)50/h4-14,16,18-19,33-34,37-40,54H,15,17,20-26H2,1-3H3,(H,51,59)(H,52,57)/t33-,34+,37-,38-,39-,40+,46-/m0/s1. The van der Waals surface area contributed by atoms with Crippen molar-refractivity contribution < 1.29 is 70.8 Å². The highest BCUT2D eigenvalue weighted by Gasteiger charge is 2.76. The molecule has 0 aromatic heterocycles. The molecule has 3 N–H and O–H groups in total. The van der Waals surface area contributed by atoms with Gasteiger partial charge in [-0.15, -0.1) is 0 Å². The Balaban J connectivity index is 1.01. The molecular weight excluding hydrogens is 856 g/mol. The van der Waals surface area contributed by atoms with Crippen molar-refractivity contribution in [3.63, 3.8) is 0 Å². The first kappa shape index (κ1) is 45.9. The summed E-state index contributed by atoms with van der Waals surface area (Å²) >= 11 is 0. The molecule has 1 saturated carbocycles. The van der Waals surface area contributed by atoms with E-state index in [1.54, 1.807) is 69.3 Å². The molecule has 3 saturated heterocycles. The molecule has 65 heavy (non-hydrogen) atoms. The van der Waals surface area contributed by atoms with Crippen molar-refractivity contribution in [1.82, 2.24) is 15.7 Å². The molecular formula is C47H50F3N3O12. The van der Waals surface area contributed by atoms with Crippen molar-refractivity contribution in [1.29, 1.82) is 0 Å². The fourth-order valence-corrected chi connectivity index (χ4v) is 9.43. The Morgan fingerprint density at radius 1 is 0.954 bits per heavy atom. The van der Waals surface area contributed by atoms with Crippen LogP contribution in [0.2, 0.25) is 0 Å². The quantitative estimate of drug-likeness (QED) is 0.117. The number of carbonyl (C=O) groups excluding carboxylic acids is 5. The van der Waals surface area contributed by atoms with Crippen LogP contribution in [0.3, 0.4) is 0 Å². The summed E-state index contributed by atoms with van der Waals surface area (Å²) in [5, 5.41) is 17.1. The summed E-state index contributed by atoms with van der Waals surface area (Å²) in [5.41, 5.74) is 1.71. The lowest BCUT2D eigenvalue weighted by Crippen LogP contribution is -2.69. The first-order valence-corrected chi connectivity index (χ1v) is 21.4. The minimum absolute atomic E-state index is 0.0136. The van der Waals surface area contributed by atoms with Crippen LogP contribution < -0.4 is 10.6 Å². The van der Waals surface area contributed by atoms with Gasteiger partial charge in [0.25, 0.3) is 5.91 Å². The highest BCUT2D eigenvalue weighted by Crippen LogP contribution is 2.58. The minimum atomic E-state index is -4.68. The Morgan fingerprint density at radius 2 is 1.66 bits per heavy atom. The number of nitrogens with one attached hydrogen (secondary N) is 2. The Labute approximate surface area is 372 Å². The van der Waals surface area contributed by atoms with Gasteiger partial charge in [0, 0.05) is 43.9 Å². The summed E-state index contributed by atoms with van der Waals surface area (Å²) in [6.07, 6.45) is -4.93. The highest BCUT2D eigenvalue weighted by atomic mass is 19.4. The number of halogens is 3. The van der Waals surface area contributed by atoms with Gasteiger partial charge >= 0.3 is 24.1 Å². The molecule has 0 unspecified atom stereocenters. The van der Waals surface area contributed by atoms with E-state index in [1.165, 1.54) is 11.1 Å². The second-order valence-corrected chi connectivity index (χ2v) is 18.1. The third-order valence-corrected chi connectivity index (χ3v) is 12.1. The molecule has 346 valence electrons. The molecule has 15 nitrogen and oxygen atoms in total. The van der Waals surface area contributed by atoms with Gasteiger partial charge in [-0.3, -0.25) is 24.0 Å². The maximum absolute atomic E-state index is 14.9. The van der Waals surface area contributed by atoms with Gasteiger partial charge in [-0.2, -0.15) is 18.2 Å². The van der Waals surface area contributed by atoms with Crippen molar-refractivity contribution >= 4 is 35.8 Å². The van der Waals surface area contributed by atoms with Crippen LogP contribution in [0.5, 0.6) is 0 Å². The summed E-state index contributed by atoms with van der Waals surface area (Å²) in [4.78, 5) is 73.4. The molecule has 3 aromatic carbocycles. The number of aliphatic hydroxyl groups is 1. The lowest BCUT2D eigenvalue weighted by atomic mass is 9.62. The van der Waals surface area contributed by atoms with Gasteiger partial charge in [-0.05, 0) is 73.2 Å². The third kappa shape index (κ3) is 9.96. The number of ether oxygens (including phenoxy) is 5. The van der Waals surface area contributed by atoms with Crippen molar-refractivity contribution in [2.45, 2.75) is 120 Å². The van der Waals surface area contributed by atoms with Crippen molar-refractivity contribution in [3.05, 3.63) is 112 Å². The molecule has 2 amide bonds. The second kappa shape index (κ2) is 18.0. The van der Waals surface area contributed by atoms with E-state index in [9.17, 15) is 42.3 Å². The van der Waals surface area contributed by atoms with Crippen LogP contribution in [0, 0.1) is 5.41 Å².